The second-order valence-electron chi connectivity index (χ2n) is 3.05. The third-order valence-corrected chi connectivity index (χ3v) is 1.82. The average Bonchev–Trinajstić information content (AvgIpc) is 2.25. The zero-order chi connectivity index (χ0) is 11.3. The topological polar surface area (TPSA) is 55.5 Å². The third kappa shape index (κ3) is 3.81. The van der Waals surface area contributed by atoms with Gasteiger partial charge in [0, 0.05) is 6.54 Å². The number of alkyl halides is 2. The van der Waals surface area contributed by atoms with E-state index in [1.54, 1.807) is 12.1 Å². The molecule has 0 spiro atoms. The lowest BCUT2D eigenvalue weighted by molar-refractivity contribution is 0.0817. The minimum Gasteiger partial charge on any atom is -0.488 e. The van der Waals surface area contributed by atoms with E-state index in [9.17, 15) is 8.78 Å². The van der Waals surface area contributed by atoms with Crippen LogP contribution in [0.1, 0.15) is 11.1 Å². The van der Waals surface area contributed by atoms with Crippen LogP contribution in [0.15, 0.2) is 18.2 Å². The van der Waals surface area contributed by atoms with Gasteiger partial charge in [0.05, 0.1) is 6.61 Å². The Morgan fingerprint density at radius 1 is 1.27 bits per heavy atom. The van der Waals surface area contributed by atoms with Crippen molar-refractivity contribution in [1.82, 2.24) is 0 Å². The largest absolute Gasteiger partial charge is 0.488 e. The van der Waals surface area contributed by atoms with Crippen LogP contribution in [0, 0.1) is 0 Å². The molecule has 0 radical (unpaired) electrons. The van der Waals surface area contributed by atoms with Crippen LogP contribution in [0.4, 0.5) is 8.78 Å². The summed E-state index contributed by atoms with van der Waals surface area (Å²) in [4.78, 5) is 0. The molecule has 0 saturated heterocycles. The van der Waals surface area contributed by atoms with Gasteiger partial charge in [0.1, 0.15) is 12.4 Å². The van der Waals surface area contributed by atoms with Crippen LogP contribution < -0.4 is 10.5 Å². The van der Waals surface area contributed by atoms with Crippen molar-refractivity contribution in [2.24, 2.45) is 5.73 Å². The molecule has 0 heterocycles. The van der Waals surface area contributed by atoms with Gasteiger partial charge in [-0.3, -0.25) is 0 Å². The number of hydrogen-bond donors (Lipinski definition) is 2. The normalized spacial score (nSPS) is 10.7. The molecule has 0 saturated carbocycles. The van der Waals surface area contributed by atoms with Gasteiger partial charge in [-0.25, -0.2) is 8.78 Å². The summed E-state index contributed by atoms with van der Waals surface area (Å²) in [7, 11) is 0. The molecule has 0 aliphatic rings. The molecule has 0 fully saturated rings. The molecular weight excluding hydrogens is 204 g/mol. The fourth-order valence-corrected chi connectivity index (χ4v) is 1.18. The van der Waals surface area contributed by atoms with E-state index in [1.165, 1.54) is 6.07 Å². The molecule has 15 heavy (non-hydrogen) atoms. The summed E-state index contributed by atoms with van der Waals surface area (Å²) in [6.45, 7) is -0.545. The quantitative estimate of drug-likeness (QED) is 0.781. The van der Waals surface area contributed by atoms with E-state index < -0.39 is 13.0 Å². The molecule has 0 bridgehead atoms. The Morgan fingerprint density at radius 2 is 1.93 bits per heavy atom. The first-order chi connectivity index (χ1) is 7.15. The molecule has 3 nitrogen and oxygen atoms in total. The van der Waals surface area contributed by atoms with Crippen molar-refractivity contribution in [3.05, 3.63) is 29.3 Å². The van der Waals surface area contributed by atoms with E-state index in [0.29, 0.717) is 11.3 Å². The maximum atomic E-state index is 11.9. The van der Waals surface area contributed by atoms with Crippen molar-refractivity contribution in [3.63, 3.8) is 0 Å². The van der Waals surface area contributed by atoms with E-state index in [0.717, 1.165) is 5.56 Å². The lowest BCUT2D eigenvalue weighted by Crippen LogP contribution is -2.08. The first-order valence-corrected chi connectivity index (χ1v) is 4.50. The predicted octanol–water partition coefficient (Wildman–Crippen LogP) is 1.28. The average molecular weight is 217 g/mol. The molecule has 0 aliphatic carbocycles. The van der Waals surface area contributed by atoms with Gasteiger partial charge < -0.3 is 15.6 Å². The van der Waals surface area contributed by atoms with Crippen LogP contribution in [0.3, 0.4) is 0 Å². The smallest absolute Gasteiger partial charge is 0.272 e. The minimum atomic E-state index is -2.51. The van der Waals surface area contributed by atoms with Crippen LogP contribution in [-0.4, -0.2) is 18.1 Å². The van der Waals surface area contributed by atoms with E-state index in [2.05, 4.69) is 0 Å². The Balaban J connectivity index is 2.77. The minimum absolute atomic E-state index is 0.168. The molecule has 0 amide bonds. The van der Waals surface area contributed by atoms with Gasteiger partial charge in [0.25, 0.3) is 6.43 Å². The van der Waals surface area contributed by atoms with Crippen LogP contribution in [0.25, 0.3) is 0 Å². The number of nitrogens with two attached hydrogens (primary N) is 1. The fourth-order valence-electron chi connectivity index (χ4n) is 1.18. The van der Waals surface area contributed by atoms with Crippen molar-refractivity contribution in [1.29, 1.82) is 0 Å². The molecule has 0 aliphatic heterocycles. The third-order valence-electron chi connectivity index (χ3n) is 1.82. The van der Waals surface area contributed by atoms with Crippen LogP contribution in [-0.2, 0) is 13.2 Å². The first kappa shape index (κ1) is 11.9. The molecule has 3 N–H and O–H groups in total. The van der Waals surface area contributed by atoms with Crippen molar-refractivity contribution >= 4 is 0 Å². The summed E-state index contributed by atoms with van der Waals surface area (Å²) in [5.41, 5.74) is 6.75. The Labute approximate surface area is 86.5 Å². The molecule has 84 valence electrons. The highest BCUT2D eigenvalue weighted by atomic mass is 19.3. The Bertz CT molecular complexity index is 296. The molecule has 5 heteroatoms. The highest BCUT2D eigenvalue weighted by Gasteiger charge is 2.05. The molecular formula is C10H13F2NO2. The number of rotatable bonds is 5. The van der Waals surface area contributed by atoms with Gasteiger partial charge in [-0.05, 0) is 23.3 Å². The van der Waals surface area contributed by atoms with Gasteiger partial charge in [0.2, 0.25) is 0 Å². The zero-order valence-corrected chi connectivity index (χ0v) is 8.12. The molecule has 1 aromatic rings. The second kappa shape index (κ2) is 5.63. The summed E-state index contributed by atoms with van der Waals surface area (Å²) < 4.78 is 28.6. The lowest BCUT2D eigenvalue weighted by atomic mass is 10.1. The number of aliphatic hydroxyl groups excluding tert-OH is 1. The van der Waals surface area contributed by atoms with Gasteiger partial charge >= 0.3 is 0 Å². The van der Waals surface area contributed by atoms with Gasteiger partial charge in [-0.15, -0.1) is 0 Å². The van der Waals surface area contributed by atoms with E-state index in [-0.39, 0.29) is 13.2 Å². The highest BCUT2D eigenvalue weighted by molar-refractivity contribution is 5.34. The first-order valence-electron chi connectivity index (χ1n) is 4.50. The maximum absolute atomic E-state index is 11.9. The van der Waals surface area contributed by atoms with Crippen molar-refractivity contribution in [2.75, 3.05) is 6.61 Å². The Morgan fingerprint density at radius 3 is 2.47 bits per heavy atom. The van der Waals surface area contributed by atoms with Crippen molar-refractivity contribution in [3.8, 4) is 5.75 Å². The predicted molar refractivity (Wildman–Crippen MR) is 51.8 cm³/mol. The summed E-state index contributed by atoms with van der Waals surface area (Å²) in [6.07, 6.45) is -2.51. The summed E-state index contributed by atoms with van der Waals surface area (Å²) in [5.74, 6) is 0.308. The monoisotopic (exact) mass is 217 g/mol. The van der Waals surface area contributed by atoms with Crippen LogP contribution >= 0.6 is 0 Å². The molecule has 0 unspecified atom stereocenters. The van der Waals surface area contributed by atoms with Gasteiger partial charge in [-0.1, -0.05) is 6.07 Å². The molecule has 1 aromatic carbocycles. The van der Waals surface area contributed by atoms with Gasteiger partial charge in [0.15, 0.2) is 0 Å². The van der Waals surface area contributed by atoms with E-state index >= 15 is 0 Å². The number of benzene rings is 1. The molecule has 0 atom stereocenters. The standard InChI is InChI=1S/C10H13F2NO2/c11-10(12)6-15-9-2-7(4-13)1-8(3-9)5-14/h1-3,10,14H,4-6,13H2. The van der Waals surface area contributed by atoms with E-state index in [4.69, 9.17) is 15.6 Å². The van der Waals surface area contributed by atoms with Crippen LogP contribution in [0.5, 0.6) is 5.75 Å². The zero-order valence-electron chi connectivity index (χ0n) is 8.12. The summed E-state index contributed by atoms with van der Waals surface area (Å²) in [6, 6.07) is 4.80. The SMILES string of the molecule is NCc1cc(CO)cc(OCC(F)F)c1. The maximum Gasteiger partial charge on any atom is 0.272 e. The number of halogens is 2. The number of ether oxygens (including phenoxy) is 1. The number of hydrogen-bond acceptors (Lipinski definition) is 3. The van der Waals surface area contributed by atoms with Crippen molar-refractivity contribution < 1.29 is 18.6 Å². The van der Waals surface area contributed by atoms with Crippen molar-refractivity contribution in [2.45, 2.75) is 19.6 Å². The fraction of sp³-hybridized carbons (Fsp3) is 0.400. The Kier molecular flexibility index (Phi) is 4.45. The Hall–Kier alpha value is -1.20. The summed E-state index contributed by atoms with van der Waals surface area (Å²) in [5, 5.41) is 8.91. The molecule has 1 rings (SSSR count). The van der Waals surface area contributed by atoms with Gasteiger partial charge in [-0.2, -0.15) is 0 Å². The van der Waals surface area contributed by atoms with E-state index in [1.807, 2.05) is 0 Å². The summed E-state index contributed by atoms with van der Waals surface area (Å²) >= 11 is 0. The lowest BCUT2D eigenvalue weighted by Gasteiger charge is -2.09. The molecule has 0 aromatic heterocycles. The highest BCUT2D eigenvalue weighted by Crippen LogP contribution is 2.17. The second-order valence-corrected chi connectivity index (χ2v) is 3.05. The number of aliphatic hydroxyl groups is 1. The van der Waals surface area contributed by atoms with Crippen LogP contribution in [0.2, 0.25) is 0 Å².